The maximum absolute atomic E-state index is 11.3. The number of nitrogens with one attached hydrogen (secondary N) is 1. The Labute approximate surface area is 96.6 Å². The van der Waals surface area contributed by atoms with Crippen LogP contribution < -0.4 is 4.72 Å². The van der Waals surface area contributed by atoms with Crippen LogP contribution in [0.1, 0.15) is 32.6 Å². The van der Waals surface area contributed by atoms with Gasteiger partial charge in [-0.3, -0.25) is 0 Å². The molecule has 4 unspecified atom stereocenters. The first-order chi connectivity index (χ1) is 7.02. The van der Waals surface area contributed by atoms with Crippen molar-refractivity contribution in [1.29, 1.82) is 0 Å². The fraction of sp³-hybridized carbons (Fsp3) is 1.00. The van der Waals surface area contributed by atoms with Gasteiger partial charge in [-0.25, -0.2) is 13.1 Å². The third-order valence-corrected chi connectivity index (χ3v) is 5.82. The van der Waals surface area contributed by atoms with Crippen LogP contribution in [0.4, 0.5) is 0 Å². The number of fused-ring (bicyclic) bond motifs is 2. The van der Waals surface area contributed by atoms with Crippen molar-refractivity contribution in [1.82, 2.24) is 4.72 Å². The van der Waals surface area contributed by atoms with Crippen molar-refractivity contribution in [2.24, 2.45) is 17.8 Å². The van der Waals surface area contributed by atoms with Gasteiger partial charge in [0.15, 0.2) is 0 Å². The van der Waals surface area contributed by atoms with Gasteiger partial charge in [0.25, 0.3) is 0 Å². The van der Waals surface area contributed by atoms with E-state index in [1.807, 2.05) is 6.92 Å². The smallest absolute Gasteiger partial charge is 0.211 e. The fourth-order valence-electron chi connectivity index (χ4n) is 3.31. The van der Waals surface area contributed by atoms with Gasteiger partial charge in [0.1, 0.15) is 5.21 Å². The average Bonchev–Trinajstić information content (AvgIpc) is 2.78. The second kappa shape index (κ2) is 4.22. The van der Waals surface area contributed by atoms with Crippen LogP contribution in [-0.4, -0.2) is 19.7 Å². The van der Waals surface area contributed by atoms with E-state index in [1.165, 1.54) is 25.7 Å². The lowest BCUT2D eigenvalue weighted by molar-refractivity contribution is 0.280. The van der Waals surface area contributed by atoms with Crippen molar-refractivity contribution >= 4 is 21.6 Å². The van der Waals surface area contributed by atoms with Crippen LogP contribution in [0, 0.1) is 17.8 Å². The molecule has 2 aliphatic carbocycles. The molecule has 1 N–H and O–H groups in total. The molecule has 2 fully saturated rings. The van der Waals surface area contributed by atoms with E-state index in [-0.39, 0.29) is 11.3 Å². The van der Waals surface area contributed by atoms with Gasteiger partial charge in [0.05, 0.1) is 0 Å². The molecule has 0 aromatic rings. The molecule has 2 rings (SSSR count). The second-order valence-electron chi connectivity index (χ2n) is 4.97. The molecule has 0 saturated heterocycles. The van der Waals surface area contributed by atoms with Gasteiger partial charge in [0.2, 0.25) is 10.0 Å². The second-order valence-corrected chi connectivity index (χ2v) is 7.31. The van der Waals surface area contributed by atoms with Gasteiger partial charge >= 0.3 is 0 Å². The van der Waals surface area contributed by atoms with Crippen molar-refractivity contribution in [2.75, 3.05) is 5.21 Å². The van der Waals surface area contributed by atoms with Crippen LogP contribution >= 0.6 is 11.6 Å². The van der Waals surface area contributed by atoms with E-state index in [0.717, 1.165) is 11.8 Å². The quantitative estimate of drug-likeness (QED) is 0.776. The van der Waals surface area contributed by atoms with E-state index < -0.39 is 10.0 Å². The van der Waals surface area contributed by atoms with Crippen molar-refractivity contribution in [2.45, 2.75) is 38.6 Å². The summed E-state index contributed by atoms with van der Waals surface area (Å²) >= 11 is 5.37. The Morgan fingerprint density at radius 1 is 1.40 bits per heavy atom. The fourth-order valence-corrected chi connectivity index (χ4v) is 4.30. The molecule has 0 aliphatic heterocycles. The highest BCUT2D eigenvalue weighted by atomic mass is 35.5. The summed E-state index contributed by atoms with van der Waals surface area (Å²) < 4.78 is 25.3. The number of rotatable bonds is 4. The SMILES string of the molecule is CC(NS(=O)(=O)CCl)C1CC2CCC1C2. The van der Waals surface area contributed by atoms with Crippen molar-refractivity contribution in [3.8, 4) is 0 Å². The number of hydrogen-bond donors (Lipinski definition) is 1. The van der Waals surface area contributed by atoms with Crippen LogP contribution in [0.3, 0.4) is 0 Å². The van der Waals surface area contributed by atoms with Crippen LogP contribution in [0.5, 0.6) is 0 Å². The Morgan fingerprint density at radius 2 is 2.13 bits per heavy atom. The molecule has 0 spiro atoms. The molecule has 0 radical (unpaired) electrons. The molecule has 88 valence electrons. The number of hydrogen-bond acceptors (Lipinski definition) is 2. The number of alkyl halides is 1. The summed E-state index contributed by atoms with van der Waals surface area (Å²) in [7, 11) is -3.26. The highest BCUT2D eigenvalue weighted by molar-refractivity contribution is 7.90. The average molecular weight is 252 g/mol. The number of sulfonamides is 1. The molecule has 0 aromatic carbocycles. The van der Waals surface area contributed by atoms with Crippen LogP contribution in [-0.2, 0) is 10.0 Å². The third kappa shape index (κ3) is 2.48. The Bertz CT molecular complexity index is 330. The normalized spacial score (nSPS) is 37.1. The summed E-state index contributed by atoms with van der Waals surface area (Å²) in [5.74, 6) is 2.12. The summed E-state index contributed by atoms with van der Waals surface area (Å²) in [5, 5.41) is -0.335. The molecule has 15 heavy (non-hydrogen) atoms. The van der Waals surface area contributed by atoms with Gasteiger partial charge in [-0.15, -0.1) is 11.6 Å². The molecule has 5 heteroatoms. The lowest BCUT2D eigenvalue weighted by atomic mass is 9.84. The third-order valence-electron chi connectivity index (χ3n) is 3.94. The summed E-state index contributed by atoms with van der Waals surface area (Å²) in [4.78, 5) is 0. The first-order valence-corrected chi connectivity index (χ1v) is 7.76. The van der Waals surface area contributed by atoms with Gasteiger partial charge in [-0.05, 0) is 43.9 Å². The molecular formula is C10H18ClNO2S. The number of halogens is 1. The minimum atomic E-state index is -3.26. The highest BCUT2D eigenvalue weighted by Crippen LogP contribution is 2.49. The highest BCUT2D eigenvalue weighted by Gasteiger charge is 2.42. The largest absolute Gasteiger partial charge is 0.225 e. The molecule has 2 saturated carbocycles. The molecule has 0 amide bonds. The maximum Gasteiger partial charge on any atom is 0.225 e. The van der Waals surface area contributed by atoms with E-state index in [1.54, 1.807) is 0 Å². The van der Waals surface area contributed by atoms with E-state index in [9.17, 15) is 8.42 Å². The minimum absolute atomic E-state index is 0.0454. The van der Waals surface area contributed by atoms with Gasteiger partial charge < -0.3 is 0 Å². The van der Waals surface area contributed by atoms with E-state index in [4.69, 9.17) is 11.6 Å². The Kier molecular flexibility index (Phi) is 3.29. The first kappa shape index (κ1) is 11.7. The summed E-state index contributed by atoms with van der Waals surface area (Å²) in [6, 6.07) is 0.0454. The summed E-state index contributed by atoms with van der Waals surface area (Å²) in [6.45, 7) is 1.97. The first-order valence-electron chi connectivity index (χ1n) is 5.58. The Morgan fingerprint density at radius 3 is 2.60 bits per heavy atom. The predicted octanol–water partition coefficient (Wildman–Crippen LogP) is 1.93. The van der Waals surface area contributed by atoms with Crippen molar-refractivity contribution in [3.05, 3.63) is 0 Å². The lowest BCUT2D eigenvalue weighted by Gasteiger charge is -2.28. The zero-order chi connectivity index (χ0) is 11.1. The van der Waals surface area contributed by atoms with Crippen molar-refractivity contribution < 1.29 is 8.42 Å². The molecule has 2 aliphatic rings. The van der Waals surface area contributed by atoms with Crippen LogP contribution in [0.2, 0.25) is 0 Å². The topological polar surface area (TPSA) is 46.2 Å². The van der Waals surface area contributed by atoms with Crippen LogP contribution in [0.15, 0.2) is 0 Å². The lowest BCUT2D eigenvalue weighted by Crippen LogP contribution is -2.40. The van der Waals surface area contributed by atoms with E-state index in [0.29, 0.717) is 5.92 Å². The molecule has 2 bridgehead atoms. The molecule has 0 heterocycles. The predicted molar refractivity (Wildman–Crippen MR) is 61.2 cm³/mol. The van der Waals surface area contributed by atoms with Gasteiger partial charge in [0, 0.05) is 6.04 Å². The Hall–Kier alpha value is 0.200. The summed E-state index contributed by atoms with van der Waals surface area (Å²) in [5.41, 5.74) is 0. The van der Waals surface area contributed by atoms with Gasteiger partial charge in [-0.2, -0.15) is 0 Å². The van der Waals surface area contributed by atoms with Crippen molar-refractivity contribution in [3.63, 3.8) is 0 Å². The zero-order valence-electron chi connectivity index (χ0n) is 8.95. The summed E-state index contributed by atoms with van der Waals surface area (Å²) in [6.07, 6.45) is 5.12. The molecular weight excluding hydrogens is 234 g/mol. The van der Waals surface area contributed by atoms with E-state index >= 15 is 0 Å². The maximum atomic E-state index is 11.3. The molecule has 0 aromatic heterocycles. The van der Waals surface area contributed by atoms with Crippen LogP contribution in [0.25, 0.3) is 0 Å². The monoisotopic (exact) mass is 251 g/mol. The van der Waals surface area contributed by atoms with Gasteiger partial charge in [-0.1, -0.05) is 6.42 Å². The Balaban J connectivity index is 1.95. The molecule has 4 atom stereocenters. The standard InChI is InChI=1S/C10H18ClNO2S/c1-7(12-15(13,14)6-11)10-5-8-2-3-9(10)4-8/h7-10,12H,2-6H2,1H3. The molecule has 3 nitrogen and oxygen atoms in total. The van der Waals surface area contributed by atoms with E-state index in [2.05, 4.69) is 4.72 Å². The zero-order valence-corrected chi connectivity index (χ0v) is 10.5. The minimum Gasteiger partial charge on any atom is -0.211 e.